The van der Waals surface area contributed by atoms with Crippen molar-refractivity contribution in [3.8, 4) is 0 Å². The zero-order valence-electron chi connectivity index (χ0n) is 10.5. The molecule has 1 N–H and O–H groups in total. The van der Waals surface area contributed by atoms with Crippen LogP contribution in [0, 0.1) is 11.8 Å². The third-order valence-electron chi connectivity index (χ3n) is 3.80. The van der Waals surface area contributed by atoms with Gasteiger partial charge in [0.1, 0.15) is 0 Å². The molecule has 1 saturated carbocycles. The van der Waals surface area contributed by atoms with Crippen LogP contribution in [0.25, 0.3) is 0 Å². The molecule has 0 aromatic heterocycles. The first-order valence-corrected chi connectivity index (χ1v) is 6.68. The molecule has 3 heteroatoms. The molecular formula is C13H24N2O. The summed E-state index contributed by atoms with van der Waals surface area (Å²) in [6, 6.07) is 0.482. The minimum absolute atomic E-state index is 0.303. The summed E-state index contributed by atoms with van der Waals surface area (Å²) in [5, 5.41) is 3.29. The third kappa shape index (κ3) is 2.97. The highest BCUT2D eigenvalue weighted by Crippen LogP contribution is 2.27. The first-order valence-electron chi connectivity index (χ1n) is 6.68. The van der Waals surface area contributed by atoms with Crippen molar-refractivity contribution in [3.05, 3.63) is 0 Å². The smallest absolute Gasteiger partial charge is 0.236 e. The maximum Gasteiger partial charge on any atom is 0.236 e. The molecular weight excluding hydrogens is 200 g/mol. The van der Waals surface area contributed by atoms with Crippen LogP contribution in [0.1, 0.15) is 39.5 Å². The number of likely N-dealkylation sites (tertiary alicyclic amines) is 1. The Morgan fingerprint density at radius 2 is 2.12 bits per heavy atom. The summed E-state index contributed by atoms with van der Waals surface area (Å²) >= 11 is 0. The van der Waals surface area contributed by atoms with Crippen LogP contribution in [0.5, 0.6) is 0 Å². The monoisotopic (exact) mass is 224 g/mol. The summed E-state index contributed by atoms with van der Waals surface area (Å²) in [6.45, 7) is 6.97. The van der Waals surface area contributed by atoms with Crippen LogP contribution >= 0.6 is 0 Å². The van der Waals surface area contributed by atoms with Gasteiger partial charge in [0, 0.05) is 12.6 Å². The molecule has 1 aliphatic heterocycles. The van der Waals surface area contributed by atoms with E-state index in [0.29, 0.717) is 24.4 Å². The number of nitrogens with one attached hydrogen (secondary N) is 1. The number of carbonyl (C=O) groups excluding carboxylic acids is 1. The molecule has 2 rings (SSSR count). The van der Waals surface area contributed by atoms with Crippen LogP contribution in [-0.4, -0.2) is 36.5 Å². The molecule has 3 nitrogen and oxygen atoms in total. The highest BCUT2D eigenvalue weighted by Gasteiger charge is 2.30. The number of hydrogen-bond acceptors (Lipinski definition) is 2. The second-order valence-corrected chi connectivity index (χ2v) is 5.62. The van der Waals surface area contributed by atoms with E-state index < -0.39 is 0 Å². The van der Waals surface area contributed by atoms with Gasteiger partial charge in [-0.2, -0.15) is 0 Å². The third-order valence-corrected chi connectivity index (χ3v) is 3.80. The number of nitrogens with zero attached hydrogens (tertiary/aromatic N) is 1. The molecule has 1 heterocycles. The predicted octanol–water partition coefficient (Wildman–Crippen LogP) is 1.63. The van der Waals surface area contributed by atoms with E-state index in [4.69, 9.17) is 0 Å². The number of carbonyl (C=O) groups is 1. The van der Waals surface area contributed by atoms with Gasteiger partial charge in [0.2, 0.25) is 5.91 Å². The molecule has 1 saturated heterocycles. The molecule has 92 valence electrons. The Morgan fingerprint density at radius 3 is 2.75 bits per heavy atom. The molecule has 0 spiro atoms. The van der Waals surface area contributed by atoms with Crippen molar-refractivity contribution < 1.29 is 4.79 Å². The van der Waals surface area contributed by atoms with Gasteiger partial charge in [0.05, 0.1) is 6.54 Å². The normalized spacial score (nSPS) is 25.4. The van der Waals surface area contributed by atoms with Crippen molar-refractivity contribution in [1.82, 2.24) is 10.2 Å². The van der Waals surface area contributed by atoms with E-state index in [-0.39, 0.29) is 0 Å². The van der Waals surface area contributed by atoms with Crippen molar-refractivity contribution in [2.75, 3.05) is 19.6 Å². The van der Waals surface area contributed by atoms with E-state index in [2.05, 4.69) is 24.1 Å². The molecule has 2 fully saturated rings. The van der Waals surface area contributed by atoms with E-state index in [1.165, 1.54) is 25.7 Å². The lowest BCUT2D eigenvalue weighted by Crippen LogP contribution is -2.43. The fourth-order valence-electron chi connectivity index (χ4n) is 2.60. The summed E-state index contributed by atoms with van der Waals surface area (Å²) in [7, 11) is 0. The van der Waals surface area contributed by atoms with Crippen LogP contribution in [0.3, 0.4) is 0 Å². The van der Waals surface area contributed by atoms with E-state index in [1.54, 1.807) is 0 Å². The summed E-state index contributed by atoms with van der Waals surface area (Å²) < 4.78 is 0. The van der Waals surface area contributed by atoms with Crippen LogP contribution in [0.15, 0.2) is 0 Å². The molecule has 1 atom stereocenters. The summed E-state index contributed by atoms with van der Waals surface area (Å²) in [5.74, 6) is 1.75. The Hall–Kier alpha value is -0.570. The van der Waals surface area contributed by atoms with E-state index in [9.17, 15) is 4.79 Å². The Kier molecular flexibility index (Phi) is 3.85. The largest absolute Gasteiger partial charge is 0.338 e. The SMILES string of the molecule is CC(C)C1CCCN1C(=O)CNCC1CC1. The maximum atomic E-state index is 12.0. The Labute approximate surface area is 98.6 Å². The Bertz CT molecular complexity index is 248. The zero-order chi connectivity index (χ0) is 11.5. The van der Waals surface area contributed by atoms with Gasteiger partial charge in [-0.15, -0.1) is 0 Å². The fraction of sp³-hybridized carbons (Fsp3) is 0.923. The topological polar surface area (TPSA) is 32.3 Å². The quantitative estimate of drug-likeness (QED) is 0.770. The molecule has 0 bridgehead atoms. The summed E-state index contributed by atoms with van der Waals surface area (Å²) in [6.07, 6.45) is 5.06. The molecule has 0 radical (unpaired) electrons. The van der Waals surface area contributed by atoms with E-state index in [0.717, 1.165) is 19.0 Å². The standard InChI is InChI=1S/C13H24N2O/c1-10(2)12-4-3-7-15(12)13(16)9-14-8-11-5-6-11/h10-12,14H,3-9H2,1-2H3. The van der Waals surface area contributed by atoms with Gasteiger partial charge >= 0.3 is 0 Å². The average Bonchev–Trinajstić information content (AvgIpc) is 2.93. The predicted molar refractivity (Wildman–Crippen MR) is 65.2 cm³/mol. The lowest BCUT2D eigenvalue weighted by atomic mass is 10.0. The maximum absolute atomic E-state index is 12.0. The fourth-order valence-corrected chi connectivity index (χ4v) is 2.60. The molecule has 2 aliphatic rings. The summed E-state index contributed by atoms with van der Waals surface area (Å²) in [4.78, 5) is 14.1. The Morgan fingerprint density at radius 1 is 1.38 bits per heavy atom. The highest BCUT2D eigenvalue weighted by molar-refractivity contribution is 5.78. The number of hydrogen-bond donors (Lipinski definition) is 1. The van der Waals surface area contributed by atoms with Crippen molar-refractivity contribution in [3.63, 3.8) is 0 Å². The van der Waals surface area contributed by atoms with Crippen LogP contribution in [-0.2, 0) is 4.79 Å². The summed E-state index contributed by atoms with van der Waals surface area (Å²) in [5.41, 5.74) is 0. The highest BCUT2D eigenvalue weighted by atomic mass is 16.2. The minimum atomic E-state index is 0.303. The van der Waals surface area contributed by atoms with Gasteiger partial charge in [0.25, 0.3) is 0 Å². The van der Waals surface area contributed by atoms with Gasteiger partial charge < -0.3 is 10.2 Å². The second-order valence-electron chi connectivity index (χ2n) is 5.62. The molecule has 1 amide bonds. The molecule has 1 unspecified atom stereocenters. The van der Waals surface area contributed by atoms with Crippen LogP contribution < -0.4 is 5.32 Å². The molecule has 0 aromatic rings. The van der Waals surface area contributed by atoms with Gasteiger partial charge in [0.15, 0.2) is 0 Å². The molecule has 0 aromatic carbocycles. The van der Waals surface area contributed by atoms with Gasteiger partial charge in [-0.3, -0.25) is 4.79 Å². The Balaban J connectivity index is 1.73. The second kappa shape index (κ2) is 5.17. The lowest BCUT2D eigenvalue weighted by molar-refractivity contribution is -0.131. The van der Waals surface area contributed by atoms with Gasteiger partial charge in [-0.1, -0.05) is 13.8 Å². The molecule has 16 heavy (non-hydrogen) atoms. The molecule has 1 aliphatic carbocycles. The zero-order valence-corrected chi connectivity index (χ0v) is 10.5. The van der Waals surface area contributed by atoms with Gasteiger partial charge in [-0.25, -0.2) is 0 Å². The van der Waals surface area contributed by atoms with E-state index in [1.807, 2.05) is 0 Å². The van der Waals surface area contributed by atoms with Crippen LogP contribution in [0.4, 0.5) is 0 Å². The van der Waals surface area contributed by atoms with E-state index >= 15 is 0 Å². The van der Waals surface area contributed by atoms with Gasteiger partial charge in [-0.05, 0) is 44.1 Å². The first-order chi connectivity index (χ1) is 7.68. The minimum Gasteiger partial charge on any atom is -0.338 e. The van der Waals surface area contributed by atoms with Crippen molar-refractivity contribution in [1.29, 1.82) is 0 Å². The first kappa shape index (κ1) is 11.9. The average molecular weight is 224 g/mol. The lowest BCUT2D eigenvalue weighted by Gasteiger charge is -2.27. The number of rotatable bonds is 5. The van der Waals surface area contributed by atoms with Crippen molar-refractivity contribution in [2.24, 2.45) is 11.8 Å². The van der Waals surface area contributed by atoms with Crippen molar-refractivity contribution >= 4 is 5.91 Å². The van der Waals surface area contributed by atoms with Crippen molar-refractivity contribution in [2.45, 2.75) is 45.6 Å². The van der Waals surface area contributed by atoms with Crippen LogP contribution in [0.2, 0.25) is 0 Å². The number of amides is 1.